The molecule has 1 atom stereocenters. The summed E-state index contributed by atoms with van der Waals surface area (Å²) in [5.41, 5.74) is 8.44. The Labute approximate surface area is 145 Å². The van der Waals surface area contributed by atoms with E-state index in [9.17, 15) is 4.79 Å². The molecule has 1 aromatic carbocycles. The zero-order valence-corrected chi connectivity index (χ0v) is 14.3. The van der Waals surface area contributed by atoms with Crippen LogP contribution in [0.25, 0.3) is 5.70 Å². The van der Waals surface area contributed by atoms with E-state index < -0.39 is 0 Å². The molecule has 6 N–H and O–H groups in total. The third-order valence-electron chi connectivity index (χ3n) is 3.51. The molecule has 2 aromatic rings. The molecule has 6 nitrogen and oxygen atoms in total. The number of allylic oxidation sites excluding steroid dienone is 1. The average Bonchev–Trinajstić information content (AvgIpc) is 3.10. The van der Waals surface area contributed by atoms with Crippen LogP contribution in [0.2, 0.25) is 0 Å². The van der Waals surface area contributed by atoms with E-state index >= 15 is 0 Å². The van der Waals surface area contributed by atoms with Crippen molar-refractivity contribution in [1.82, 2.24) is 10.3 Å². The van der Waals surface area contributed by atoms with Gasteiger partial charge in [0.15, 0.2) is 10.7 Å². The molecular formula is C17H22N5OS+. The summed E-state index contributed by atoms with van der Waals surface area (Å²) in [6.07, 6.45) is 3.54. The standard InChI is InChI=1S/C17H21N5OS/c1-20-14(7-8-18)15-11-24-17(22-15)16(23)21-13(10-19)9-12-5-3-2-4-6-12/h2-8,11,13,18,20H,9-10,19H2,1H3,(H,21,23)/p+1/b14-7-,18-8?. The number of aromatic nitrogens is 1. The maximum atomic E-state index is 12.4. The van der Waals surface area contributed by atoms with Crippen molar-refractivity contribution in [3.05, 3.63) is 58.1 Å². The minimum atomic E-state index is -0.220. The lowest BCUT2D eigenvalue weighted by molar-refractivity contribution is -0.530. The van der Waals surface area contributed by atoms with Gasteiger partial charge in [0.05, 0.1) is 7.05 Å². The summed E-state index contributed by atoms with van der Waals surface area (Å²) >= 11 is 1.29. The van der Waals surface area contributed by atoms with Crippen LogP contribution in [-0.4, -0.2) is 36.7 Å². The number of carbonyl (C=O) groups excluding carboxylic acids is 1. The predicted molar refractivity (Wildman–Crippen MR) is 97.2 cm³/mol. The van der Waals surface area contributed by atoms with Crippen molar-refractivity contribution in [3.63, 3.8) is 0 Å². The van der Waals surface area contributed by atoms with Gasteiger partial charge in [-0.05, 0) is 12.0 Å². The zero-order chi connectivity index (χ0) is 17.4. The van der Waals surface area contributed by atoms with Crippen molar-refractivity contribution in [2.24, 2.45) is 5.73 Å². The van der Waals surface area contributed by atoms with Crippen molar-refractivity contribution >= 4 is 29.2 Å². The topological polar surface area (TPSA) is 108 Å². The highest BCUT2D eigenvalue weighted by Gasteiger charge is 2.18. The number of quaternary nitrogens is 1. The minimum Gasteiger partial charge on any atom is -0.346 e. The van der Waals surface area contributed by atoms with Crippen LogP contribution < -0.4 is 16.4 Å². The molecule has 0 radical (unpaired) electrons. The smallest absolute Gasteiger partial charge is 0.280 e. The number of nitrogens with one attached hydrogen (secondary N) is 2. The van der Waals surface area contributed by atoms with Crippen LogP contribution in [0.5, 0.6) is 0 Å². The van der Waals surface area contributed by atoms with Gasteiger partial charge in [-0.25, -0.2) is 4.98 Å². The van der Waals surface area contributed by atoms with Gasteiger partial charge in [-0.1, -0.05) is 30.3 Å². The first-order chi connectivity index (χ1) is 11.7. The Hall–Kier alpha value is -2.35. The summed E-state index contributed by atoms with van der Waals surface area (Å²) in [4.78, 5) is 16.8. The Morgan fingerprint density at radius 3 is 2.83 bits per heavy atom. The molecule has 7 heteroatoms. The van der Waals surface area contributed by atoms with Gasteiger partial charge in [0, 0.05) is 30.3 Å². The third kappa shape index (κ3) is 4.82. The fourth-order valence-corrected chi connectivity index (χ4v) is 3.00. The van der Waals surface area contributed by atoms with E-state index in [0.717, 1.165) is 11.3 Å². The van der Waals surface area contributed by atoms with Crippen molar-refractivity contribution in [2.45, 2.75) is 12.5 Å². The SMILES string of the molecule is C[NH2+]/C(=C\C=N)c1csc(C(=O)NC(CN)Cc2ccccc2)n1. The van der Waals surface area contributed by atoms with Crippen LogP contribution in [0.15, 0.2) is 41.8 Å². The maximum Gasteiger partial charge on any atom is 0.280 e. The van der Waals surface area contributed by atoms with E-state index in [4.69, 9.17) is 11.1 Å². The van der Waals surface area contributed by atoms with Gasteiger partial charge in [0.2, 0.25) is 0 Å². The number of hydrogen-bond acceptors (Lipinski definition) is 5. The van der Waals surface area contributed by atoms with E-state index in [1.807, 2.05) is 48.1 Å². The summed E-state index contributed by atoms with van der Waals surface area (Å²) in [6, 6.07) is 9.79. The van der Waals surface area contributed by atoms with Crippen molar-refractivity contribution in [1.29, 1.82) is 5.41 Å². The second-order valence-electron chi connectivity index (χ2n) is 5.21. The van der Waals surface area contributed by atoms with E-state index in [1.54, 1.807) is 6.08 Å². The molecule has 0 aliphatic heterocycles. The highest BCUT2D eigenvalue weighted by molar-refractivity contribution is 7.11. The number of hydrogen-bond donors (Lipinski definition) is 4. The van der Waals surface area contributed by atoms with Crippen LogP contribution >= 0.6 is 11.3 Å². The van der Waals surface area contributed by atoms with E-state index in [1.165, 1.54) is 17.6 Å². The molecule has 0 aliphatic carbocycles. The third-order valence-corrected chi connectivity index (χ3v) is 4.35. The first kappa shape index (κ1) is 18.0. The molecule has 0 fully saturated rings. The minimum absolute atomic E-state index is 0.137. The quantitative estimate of drug-likeness (QED) is 0.527. The van der Waals surface area contributed by atoms with Crippen LogP contribution in [-0.2, 0) is 6.42 Å². The highest BCUT2D eigenvalue weighted by Crippen LogP contribution is 2.14. The fraction of sp³-hybridized carbons (Fsp3) is 0.235. The molecule has 0 bridgehead atoms. The molecule has 2 rings (SSSR count). The summed E-state index contributed by atoms with van der Waals surface area (Å²) in [6.45, 7) is 0.362. The first-order valence-corrected chi connectivity index (χ1v) is 8.56. The number of amides is 1. The van der Waals surface area contributed by atoms with Gasteiger partial charge in [0.25, 0.3) is 5.91 Å². The number of nitrogens with two attached hydrogens (primary N) is 2. The first-order valence-electron chi connectivity index (χ1n) is 7.68. The number of carbonyl (C=O) groups is 1. The van der Waals surface area contributed by atoms with Gasteiger partial charge >= 0.3 is 0 Å². The summed E-state index contributed by atoms with van der Waals surface area (Å²) in [5.74, 6) is -0.220. The molecule has 0 aliphatic rings. The second-order valence-corrected chi connectivity index (χ2v) is 6.07. The summed E-state index contributed by atoms with van der Waals surface area (Å²) < 4.78 is 0. The van der Waals surface area contributed by atoms with E-state index in [-0.39, 0.29) is 11.9 Å². The normalized spacial score (nSPS) is 12.7. The van der Waals surface area contributed by atoms with Crippen molar-refractivity contribution < 1.29 is 10.1 Å². The summed E-state index contributed by atoms with van der Waals surface area (Å²) in [7, 11) is 1.87. The van der Waals surface area contributed by atoms with Gasteiger partial charge in [-0.3, -0.25) is 4.79 Å². The fourth-order valence-electron chi connectivity index (χ4n) is 2.27. The lowest BCUT2D eigenvalue weighted by Gasteiger charge is -2.16. The van der Waals surface area contributed by atoms with Gasteiger partial charge in [0.1, 0.15) is 5.69 Å². The Balaban J connectivity index is 2.04. The molecule has 0 saturated carbocycles. The number of nitrogens with zero attached hydrogens (tertiary/aromatic N) is 1. The maximum absolute atomic E-state index is 12.4. The number of rotatable bonds is 8. The lowest BCUT2D eigenvalue weighted by atomic mass is 10.1. The number of thiazole rings is 1. The Morgan fingerprint density at radius 1 is 1.46 bits per heavy atom. The van der Waals surface area contributed by atoms with Crippen molar-refractivity contribution in [3.8, 4) is 0 Å². The van der Waals surface area contributed by atoms with Gasteiger partial charge in [-0.2, -0.15) is 0 Å². The Morgan fingerprint density at radius 2 is 2.21 bits per heavy atom. The molecule has 1 amide bonds. The number of benzene rings is 1. The molecule has 0 spiro atoms. The Bertz CT molecular complexity index is 711. The lowest BCUT2D eigenvalue weighted by Crippen LogP contribution is -2.76. The average molecular weight is 344 g/mol. The molecule has 24 heavy (non-hydrogen) atoms. The van der Waals surface area contributed by atoms with E-state index in [2.05, 4.69) is 10.3 Å². The van der Waals surface area contributed by atoms with Crippen LogP contribution in [0.4, 0.5) is 0 Å². The molecular weight excluding hydrogens is 322 g/mol. The monoisotopic (exact) mass is 344 g/mol. The molecule has 126 valence electrons. The molecule has 1 aromatic heterocycles. The van der Waals surface area contributed by atoms with Gasteiger partial charge < -0.3 is 21.8 Å². The Kier molecular flexibility index (Phi) is 6.80. The van der Waals surface area contributed by atoms with Crippen LogP contribution in [0.3, 0.4) is 0 Å². The second kappa shape index (κ2) is 9.07. The predicted octanol–water partition coefficient (Wildman–Crippen LogP) is 0.627. The van der Waals surface area contributed by atoms with E-state index in [0.29, 0.717) is 23.7 Å². The highest BCUT2D eigenvalue weighted by atomic mass is 32.1. The zero-order valence-electron chi connectivity index (χ0n) is 13.5. The van der Waals surface area contributed by atoms with Crippen LogP contribution in [0.1, 0.15) is 21.1 Å². The summed E-state index contributed by atoms with van der Waals surface area (Å²) in [5, 5.41) is 14.2. The molecule has 1 unspecified atom stereocenters. The van der Waals surface area contributed by atoms with Crippen molar-refractivity contribution in [2.75, 3.05) is 13.6 Å². The molecule has 1 heterocycles. The largest absolute Gasteiger partial charge is 0.346 e. The van der Waals surface area contributed by atoms with Crippen LogP contribution in [0, 0.1) is 5.41 Å². The molecule has 0 saturated heterocycles. The van der Waals surface area contributed by atoms with Gasteiger partial charge in [-0.15, -0.1) is 11.3 Å².